The number of carbonyl (C=O) groups is 2. The minimum Gasteiger partial charge on any atom is -0.460 e. The number of aromatic nitrogens is 1. The lowest BCUT2D eigenvalue weighted by Crippen LogP contribution is -2.17. The minimum absolute atomic E-state index is 0.0960. The summed E-state index contributed by atoms with van der Waals surface area (Å²) >= 11 is 1.28. The molecular formula is C11H16N2O3S. The normalized spacial score (nSPS) is 11.2. The minimum atomic E-state index is -0.574. The molecule has 0 saturated carbocycles. The molecule has 1 amide bonds. The number of aryl methyl sites for hydroxylation is 1. The van der Waals surface area contributed by atoms with Crippen LogP contribution in [-0.2, 0) is 20.9 Å². The van der Waals surface area contributed by atoms with Crippen molar-refractivity contribution in [2.45, 2.75) is 34.3 Å². The van der Waals surface area contributed by atoms with Crippen LogP contribution in [0.5, 0.6) is 0 Å². The van der Waals surface area contributed by atoms with E-state index in [0.29, 0.717) is 5.13 Å². The standard InChI is InChI=1S/C11H16N2O3S/c1-6(2)10(15)13-11-12-7(3)9(17-11)5-16-8(4)14/h6H,5H2,1-4H3,(H,12,13,15)/i4D. The van der Waals surface area contributed by atoms with E-state index in [4.69, 9.17) is 6.11 Å². The zero-order valence-electron chi connectivity index (χ0n) is 11.1. The van der Waals surface area contributed by atoms with E-state index in [1.54, 1.807) is 20.8 Å². The van der Waals surface area contributed by atoms with Gasteiger partial charge < -0.3 is 10.1 Å². The lowest BCUT2D eigenvalue weighted by atomic mass is 10.2. The van der Waals surface area contributed by atoms with Crippen LogP contribution in [0.15, 0.2) is 0 Å². The van der Waals surface area contributed by atoms with Gasteiger partial charge in [-0.15, -0.1) is 0 Å². The number of carbonyl (C=O) groups excluding carboxylic acids is 2. The lowest BCUT2D eigenvalue weighted by Gasteiger charge is -2.03. The Morgan fingerprint density at radius 3 is 2.88 bits per heavy atom. The van der Waals surface area contributed by atoms with Crippen molar-refractivity contribution >= 4 is 28.3 Å². The lowest BCUT2D eigenvalue weighted by molar-refractivity contribution is -0.142. The van der Waals surface area contributed by atoms with Crippen molar-refractivity contribution in [2.75, 3.05) is 5.32 Å². The summed E-state index contributed by atoms with van der Waals surface area (Å²) in [6.07, 6.45) is 0. The predicted octanol–water partition coefficient (Wildman–Crippen LogP) is 2.11. The summed E-state index contributed by atoms with van der Waals surface area (Å²) in [6, 6.07) is 0. The molecule has 1 aromatic heterocycles. The van der Waals surface area contributed by atoms with Gasteiger partial charge in [0.25, 0.3) is 0 Å². The Kier molecular flexibility index (Phi) is 4.08. The highest BCUT2D eigenvalue weighted by atomic mass is 32.1. The van der Waals surface area contributed by atoms with Gasteiger partial charge in [0.15, 0.2) is 5.13 Å². The molecule has 94 valence electrons. The summed E-state index contributed by atoms with van der Waals surface area (Å²) in [5.41, 5.74) is 0.719. The van der Waals surface area contributed by atoms with Crippen LogP contribution >= 0.6 is 11.3 Å². The Balaban J connectivity index is 2.64. The van der Waals surface area contributed by atoms with Crippen molar-refractivity contribution < 1.29 is 15.7 Å². The number of anilines is 1. The van der Waals surface area contributed by atoms with Crippen molar-refractivity contribution in [3.63, 3.8) is 0 Å². The van der Waals surface area contributed by atoms with Gasteiger partial charge in [0.2, 0.25) is 5.91 Å². The molecule has 1 rings (SSSR count). The summed E-state index contributed by atoms with van der Waals surface area (Å²) in [5, 5.41) is 3.20. The van der Waals surface area contributed by atoms with Gasteiger partial charge in [-0.25, -0.2) is 4.98 Å². The molecule has 0 aliphatic carbocycles. The van der Waals surface area contributed by atoms with Crippen molar-refractivity contribution in [2.24, 2.45) is 5.92 Å². The van der Waals surface area contributed by atoms with Crippen LogP contribution in [0.1, 0.15) is 32.7 Å². The average molecular weight is 257 g/mol. The third kappa shape index (κ3) is 4.14. The summed E-state index contributed by atoms with van der Waals surface area (Å²) in [5.74, 6) is -0.784. The van der Waals surface area contributed by atoms with Crippen LogP contribution in [0.25, 0.3) is 0 Å². The Morgan fingerprint density at radius 1 is 1.59 bits per heavy atom. The molecule has 0 aromatic carbocycles. The second-order valence-electron chi connectivity index (χ2n) is 3.83. The van der Waals surface area contributed by atoms with Gasteiger partial charge >= 0.3 is 5.97 Å². The number of nitrogens with zero attached hydrogens (tertiary/aromatic N) is 1. The highest BCUT2D eigenvalue weighted by Crippen LogP contribution is 2.23. The fourth-order valence-corrected chi connectivity index (χ4v) is 1.89. The van der Waals surface area contributed by atoms with Gasteiger partial charge in [-0.1, -0.05) is 25.2 Å². The number of ether oxygens (including phenoxy) is 1. The summed E-state index contributed by atoms with van der Waals surface area (Å²) in [7, 11) is 0. The Labute approximate surface area is 106 Å². The van der Waals surface area contributed by atoms with Gasteiger partial charge in [-0.2, -0.15) is 0 Å². The molecule has 1 aromatic rings. The summed E-state index contributed by atoms with van der Waals surface area (Å²) in [4.78, 5) is 27.3. The third-order valence-electron chi connectivity index (χ3n) is 2.01. The van der Waals surface area contributed by atoms with E-state index in [9.17, 15) is 9.59 Å². The largest absolute Gasteiger partial charge is 0.460 e. The fourth-order valence-electron chi connectivity index (χ4n) is 1.01. The molecule has 1 N–H and O–H groups in total. The number of nitrogens with one attached hydrogen (secondary N) is 1. The maximum Gasteiger partial charge on any atom is 0.302 e. The molecule has 0 radical (unpaired) electrons. The van der Waals surface area contributed by atoms with Gasteiger partial charge in [0.1, 0.15) is 6.61 Å². The Hall–Kier alpha value is -1.43. The number of thiazole rings is 1. The Morgan fingerprint density at radius 2 is 2.29 bits per heavy atom. The van der Waals surface area contributed by atoms with Gasteiger partial charge in [0.05, 0.1) is 10.6 Å². The van der Waals surface area contributed by atoms with E-state index in [1.807, 2.05) is 0 Å². The van der Waals surface area contributed by atoms with Crippen LogP contribution in [0.3, 0.4) is 0 Å². The van der Waals surface area contributed by atoms with E-state index in [2.05, 4.69) is 10.3 Å². The monoisotopic (exact) mass is 257 g/mol. The number of amides is 1. The molecule has 0 aliphatic rings. The van der Waals surface area contributed by atoms with Crippen molar-refractivity contribution in [1.82, 2.24) is 4.98 Å². The van der Waals surface area contributed by atoms with E-state index in [-0.39, 0.29) is 18.4 Å². The molecule has 0 spiro atoms. The maximum absolute atomic E-state index is 11.5. The second-order valence-corrected chi connectivity index (χ2v) is 4.92. The van der Waals surface area contributed by atoms with Gasteiger partial charge in [-0.05, 0) is 6.92 Å². The van der Waals surface area contributed by atoms with Crippen LogP contribution in [0.2, 0.25) is 0 Å². The second kappa shape index (κ2) is 5.77. The summed E-state index contributed by atoms with van der Waals surface area (Å²) in [6.45, 7) is 5.08. The molecule has 0 aliphatic heterocycles. The van der Waals surface area contributed by atoms with Crippen molar-refractivity contribution in [3.05, 3.63) is 10.6 Å². The SMILES string of the molecule is [2H]CC(=O)OCc1sc(NC(=O)C(C)C)nc1C. The van der Waals surface area contributed by atoms with Crippen LogP contribution in [0.4, 0.5) is 5.13 Å². The molecule has 0 fully saturated rings. The molecule has 5 nitrogen and oxygen atoms in total. The van der Waals surface area contributed by atoms with Gasteiger partial charge in [-0.3, -0.25) is 9.59 Å². The highest BCUT2D eigenvalue weighted by Gasteiger charge is 2.13. The number of hydrogen-bond acceptors (Lipinski definition) is 5. The zero-order valence-corrected chi connectivity index (χ0v) is 10.9. The molecule has 0 atom stereocenters. The van der Waals surface area contributed by atoms with E-state index >= 15 is 0 Å². The molecule has 0 bridgehead atoms. The zero-order chi connectivity index (χ0) is 13.7. The van der Waals surface area contributed by atoms with E-state index in [0.717, 1.165) is 10.6 Å². The predicted molar refractivity (Wildman–Crippen MR) is 65.8 cm³/mol. The highest BCUT2D eigenvalue weighted by molar-refractivity contribution is 7.15. The van der Waals surface area contributed by atoms with Crippen molar-refractivity contribution in [1.29, 1.82) is 0 Å². The first-order valence-corrected chi connectivity index (χ1v) is 5.97. The van der Waals surface area contributed by atoms with E-state index in [1.165, 1.54) is 11.3 Å². The van der Waals surface area contributed by atoms with Gasteiger partial charge in [0, 0.05) is 14.2 Å². The number of hydrogen-bond donors (Lipinski definition) is 1. The molecule has 1 heterocycles. The smallest absolute Gasteiger partial charge is 0.302 e. The number of rotatable bonds is 4. The van der Waals surface area contributed by atoms with Crippen LogP contribution in [-0.4, -0.2) is 16.9 Å². The third-order valence-corrected chi connectivity index (χ3v) is 3.06. The molecule has 6 heteroatoms. The molecule has 0 saturated heterocycles. The molecule has 0 unspecified atom stereocenters. The maximum atomic E-state index is 11.5. The first-order chi connectivity index (χ1) is 8.43. The molecular weight excluding hydrogens is 240 g/mol. The quantitative estimate of drug-likeness (QED) is 0.839. The van der Waals surface area contributed by atoms with Crippen LogP contribution < -0.4 is 5.32 Å². The topological polar surface area (TPSA) is 68.3 Å². The van der Waals surface area contributed by atoms with Crippen LogP contribution in [0, 0.1) is 12.8 Å². The number of esters is 1. The fraction of sp³-hybridized carbons (Fsp3) is 0.545. The average Bonchev–Trinajstić information content (AvgIpc) is 2.66. The molecule has 17 heavy (non-hydrogen) atoms. The first-order valence-electron chi connectivity index (χ1n) is 5.86. The van der Waals surface area contributed by atoms with Crippen molar-refractivity contribution in [3.8, 4) is 0 Å². The summed E-state index contributed by atoms with van der Waals surface area (Å²) < 4.78 is 11.7. The first kappa shape index (κ1) is 12.0. The Bertz CT molecular complexity index is 445. The van der Waals surface area contributed by atoms with E-state index < -0.39 is 12.9 Å².